The predicted molar refractivity (Wildman–Crippen MR) is 114 cm³/mol. The highest BCUT2D eigenvalue weighted by Gasteiger charge is 2.20. The molecule has 1 aliphatic rings. The van der Waals surface area contributed by atoms with Crippen LogP contribution in [0.2, 0.25) is 0 Å². The number of amides is 3. The lowest BCUT2D eigenvalue weighted by molar-refractivity contribution is -0.119. The number of carbonyl (C=O) groups excluding carboxylic acids is 2. The average molecular weight is 400 g/mol. The molecule has 1 atom stereocenters. The Morgan fingerprint density at radius 2 is 1.75 bits per heavy atom. The van der Waals surface area contributed by atoms with Crippen LogP contribution in [0.3, 0.4) is 0 Å². The van der Waals surface area contributed by atoms with E-state index in [9.17, 15) is 9.59 Å². The summed E-state index contributed by atoms with van der Waals surface area (Å²) in [6, 6.07) is 12.3. The number of thiophene rings is 1. The molecule has 1 heterocycles. The first-order valence-corrected chi connectivity index (χ1v) is 10.9. The minimum absolute atomic E-state index is 0.0760. The highest BCUT2D eigenvalue weighted by Crippen LogP contribution is 2.27. The number of nitrogens with one attached hydrogen (secondary N) is 3. The van der Waals surface area contributed by atoms with Gasteiger partial charge < -0.3 is 5.32 Å². The largest absolute Gasteiger partial charge is 0.335 e. The van der Waals surface area contributed by atoms with Crippen molar-refractivity contribution in [2.24, 2.45) is 0 Å². The van der Waals surface area contributed by atoms with Crippen molar-refractivity contribution in [1.29, 1.82) is 0 Å². The van der Waals surface area contributed by atoms with E-state index in [1.54, 1.807) is 11.3 Å². The molecule has 1 fully saturated rings. The van der Waals surface area contributed by atoms with E-state index in [0.717, 1.165) is 36.1 Å². The fraction of sp³-hybridized carbons (Fsp3) is 0.455. The summed E-state index contributed by atoms with van der Waals surface area (Å²) in [4.78, 5) is 25.4. The lowest BCUT2D eigenvalue weighted by Crippen LogP contribution is -2.46. The number of imide groups is 1. The maximum atomic E-state index is 12.2. The zero-order chi connectivity index (χ0) is 19.9. The second-order valence-electron chi connectivity index (χ2n) is 7.65. The van der Waals surface area contributed by atoms with E-state index in [-0.39, 0.29) is 24.5 Å². The van der Waals surface area contributed by atoms with Gasteiger partial charge in [-0.1, -0.05) is 57.0 Å². The van der Waals surface area contributed by atoms with Gasteiger partial charge in [-0.3, -0.25) is 15.4 Å². The first kappa shape index (κ1) is 20.6. The Morgan fingerprint density at radius 3 is 2.36 bits per heavy atom. The van der Waals surface area contributed by atoms with Crippen LogP contribution in [-0.4, -0.2) is 24.5 Å². The number of hydrogen-bond donors (Lipinski definition) is 3. The fourth-order valence-corrected chi connectivity index (χ4v) is 4.40. The summed E-state index contributed by atoms with van der Waals surface area (Å²) in [7, 11) is 0. The van der Waals surface area contributed by atoms with Crippen molar-refractivity contribution in [2.45, 2.75) is 57.5 Å². The molecular formula is C22H29N3O2S. The van der Waals surface area contributed by atoms with E-state index in [1.807, 2.05) is 11.4 Å². The van der Waals surface area contributed by atoms with Gasteiger partial charge in [-0.2, -0.15) is 0 Å². The molecule has 1 aliphatic carbocycles. The minimum Gasteiger partial charge on any atom is -0.335 e. The molecule has 6 heteroatoms. The predicted octanol–water partition coefficient (Wildman–Crippen LogP) is 4.32. The molecule has 1 saturated carbocycles. The zero-order valence-corrected chi connectivity index (χ0v) is 17.4. The summed E-state index contributed by atoms with van der Waals surface area (Å²) in [5.74, 6) is 0.155. The Morgan fingerprint density at radius 1 is 1.07 bits per heavy atom. The van der Waals surface area contributed by atoms with Crippen LogP contribution in [0, 0.1) is 0 Å². The zero-order valence-electron chi connectivity index (χ0n) is 16.5. The van der Waals surface area contributed by atoms with Crippen molar-refractivity contribution in [3.05, 3.63) is 57.8 Å². The third kappa shape index (κ3) is 5.66. The number of hydrogen-bond acceptors (Lipinski definition) is 4. The quantitative estimate of drug-likeness (QED) is 0.649. The molecule has 0 saturated heterocycles. The normalized spacial score (nSPS) is 15.5. The summed E-state index contributed by atoms with van der Waals surface area (Å²) >= 11 is 1.65. The SMILES string of the molecule is CC(C)c1ccc(C(NCC(=O)NC(=O)NC2CCCC2)c2cccs2)cc1. The molecule has 2 aromatic rings. The molecule has 3 amide bonds. The van der Waals surface area contributed by atoms with Crippen LogP contribution in [0.1, 0.15) is 67.5 Å². The molecule has 3 rings (SSSR count). The Bertz CT molecular complexity index is 766. The van der Waals surface area contributed by atoms with Crippen LogP contribution in [-0.2, 0) is 4.79 Å². The molecule has 3 N–H and O–H groups in total. The number of rotatable bonds is 7. The Kier molecular flexibility index (Phi) is 7.23. The average Bonchev–Trinajstić information content (AvgIpc) is 3.36. The van der Waals surface area contributed by atoms with Gasteiger partial charge in [-0.05, 0) is 41.3 Å². The highest BCUT2D eigenvalue weighted by molar-refractivity contribution is 7.10. The third-order valence-electron chi connectivity index (χ3n) is 5.17. The smallest absolute Gasteiger partial charge is 0.321 e. The van der Waals surface area contributed by atoms with Gasteiger partial charge >= 0.3 is 6.03 Å². The number of benzene rings is 1. The Labute approximate surface area is 170 Å². The summed E-state index contributed by atoms with van der Waals surface area (Å²) in [6.07, 6.45) is 4.26. The van der Waals surface area contributed by atoms with E-state index in [0.29, 0.717) is 5.92 Å². The summed E-state index contributed by atoms with van der Waals surface area (Å²) in [6.45, 7) is 4.42. The molecule has 0 spiro atoms. The first-order valence-electron chi connectivity index (χ1n) is 10.00. The number of urea groups is 1. The minimum atomic E-state index is -0.396. The fourth-order valence-electron chi connectivity index (χ4n) is 3.57. The molecule has 1 unspecified atom stereocenters. The Balaban J connectivity index is 1.59. The van der Waals surface area contributed by atoms with Gasteiger partial charge in [0, 0.05) is 10.9 Å². The molecule has 0 bridgehead atoms. The van der Waals surface area contributed by atoms with Gasteiger partial charge in [0.05, 0.1) is 12.6 Å². The van der Waals surface area contributed by atoms with Gasteiger partial charge in [-0.25, -0.2) is 4.79 Å². The molecule has 0 aliphatic heterocycles. The Hall–Kier alpha value is -2.18. The highest BCUT2D eigenvalue weighted by atomic mass is 32.1. The van der Waals surface area contributed by atoms with Crippen LogP contribution >= 0.6 is 11.3 Å². The van der Waals surface area contributed by atoms with Gasteiger partial charge in [-0.15, -0.1) is 11.3 Å². The summed E-state index contributed by atoms with van der Waals surface area (Å²) < 4.78 is 0. The molecule has 150 valence electrons. The lowest BCUT2D eigenvalue weighted by Gasteiger charge is -2.19. The van der Waals surface area contributed by atoms with Gasteiger partial charge in [0.2, 0.25) is 5.91 Å². The van der Waals surface area contributed by atoms with Crippen LogP contribution in [0.25, 0.3) is 0 Å². The van der Waals surface area contributed by atoms with E-state index >= 15 is 0 Å². The van der Waals surface area contributed by atoms with Crippen LogP contribution in [0.15, 0.2) is 41.8 Å². The van der Waals surface area contributed by atoms with Crippen molar-refractivity contribution in [3.63, 3.8) is 0 Å². The van der Waals surface area contributed by atoms with Crippen molar-refractivity contribution in [2.75, 3.05) is 6.54 Å². The van der Waals surface area contributed by atoms with Crippen LogP contribution < -0.4 is 16.0 Å². The van der Waals surface area contributed by atoms with Gasteiger partial charge in [0.25, 0.3) is 0 Å². The summed E-state index contributed by atoms with van der Waals surface area (Å²) in [5, 5.41) is 10.6. The molecule has 28 heavy (non-hydrogen) atoms. The van der Waals surface area contributed by atoms with E-state index in [2.05, 4.69) is 60.1 Å². The van der Waals surface area contributed by atoms with Crippen LogP contribution in [0.4, 0.5) is 4.79 Å². The molecule has 1 aromatic heterocycles. The van der Waals surface area contributed by atoms with E-state index < -0.39 is 6.03 Å². The van der Waals surface area contributed by atoms with Gasteiger partial charge in [0.1, 0.15) is 0 Å². The number of carbonyl (C=O) groups is 2. The topological polar surface area (TPSA) is 70.2 Å². The second kappa shape index (κ2) is 9.85. The van der Waals surface area contributed by atoms with E-state index in [1.165, 1.54) is 5.56 Å². The maximum Gasteiger partial charge on any atom is 0.321 e. The summed E-state index contributed by atoms with van der Waals surface area (Å²) in [5.41, 5.74) is 2.39. The van der Waals surface area contributed by atoms with Gasteiger partial charge in [0.15, 0.2) is 0 Å². The van der Waals surface area contributed by atoms with Crippen molar-refractivity contribution < 1.29 is 9.59 Å². The monoisotopic (exact) mass is 399 g/mol. The lowest BCUT2D eigenvalue weighted by atomic mass is 9.98. The van der Waals surface area contributed by atoms with Crippen LogP contribution in [0.5, 0.6) is 0 Å². The second-order valence-corrected chi connectivity index (χ2v) is 8.63. The van der Waals surface area contributed by atoms with E-state index in [4.69, 9.17) is 0 Å². The van der Waals surface area contributed by atoms with Crippen molar-refractivity contribution in [3.8, 4) is 0 Å². The van der Waals surface area contributed by atoms with Crippen molar-refractivity contribution in [1.82, 2.24) is 16.0 Å². The first-order chi connectivity index (χ1) is 13.5. The maximum absolute atomic E-state index is 12.2. The molecule has 0 radical (unpaired) electrons. The standard InChI is InChI=1S/C22H29N3O2S/c1-15(2)16-9-11-17(12-10-16)21(19-8-5-13-28-19)23-14-20(26)25-22(27)24-18-6-3-4-7-18/h5,8-13,15,18,21,23H,3-4,6-7,14H2,1-2H3,(H2,24,25,26,27). The third-order valence-corrected chi connectivity index (χ3v) is 6.11. The molecule has 5 nitrogen and oxygen atoms in total. The molecular weight excluding hydrogens is 370 g/mol. The van der Waals surface area contributed by atoms with Crippen molar-refractivity contribution >= 4 is 23.3 Å². The molecule has 1 aromatic carbocycles.